The van der Waals surface area contributed by atoms with Gasteiger partial charge in [-0.1, -0.05) is 6.42 Å². The molecule has 1 aromatic rings. The highest BCUT2D eigenvalue weighted by Gasteiger charge is 2.19. The minimum atomic E-state index is 0.363. The third kappa shape index (κ3) is 3.33. The van der Waals surface area contributed by atoms with Crippen LogP contribution in [0.5, 0.6) is 0 Å². The van der Waals surface area contributed by atoms with E-state index in [4.69, 9.17) is 11.6 Å². The van der Waals surface area contributed by atoms with Gasteiger partial charge in [0, 0.05) is 25.3 Å². The van der Waals surface area contributed by atoms with E-state index >= 15 is 0 Å². The predicted molar refractivity (Wildman–Crippen MR) is 80.3 cm³/mol. The van der Waals surface area contributed by atoms with Crippen molar-refractivity contribution in [1.29, 1.82) is 0 Å². The van der Waals surface area contributed by atoms with Crippen molar-refractivity contribution in [3.05, 3.63) is 11.0 Å². The van der Waals surface area contributed by atoms with Crippen LogP contribution in [0.1, 0.15) is 25.0 Å². The van der Waals surface area contributed by atoms with E-state index < -0.39 is 0 Å². The summed E-state index contributed by atoms with van der Waals surface area (Å²) >= 11 is 7.80. The van der Waals surface area contributed by atoms with Crippen molar-refractivity contribution in [1.82, 2.24) is 14.9 Å². The molecule has 0 aromatic carbocycles. The summed E-state index contributed by atoms with van der Waals surface area (Å²) in [6, 6.07) is 0. The minimum absolute atomic E-state index is 0.363. The Hall–Kier alpha value is -0.520. The third-order valence-electron chi connectivity index (χ3n) is 3.66. The van der Waals surface area contributed by atoms with E-state index in [0.29, 0.717) is 5.28 Å². The average molecular weight is 299 g/mol. The van der Waals surface area contributed by atoms with Crippen molar-refractivity contribution in [3.63, 3.8) is 0 Å². The molecule has 1 N–H and O–H groups in total. The van der Waals surface area contributed by atoms with Gasteiger partial charge >= 0.3 is 0 Å². The monoisotopic (exact) mass is 298 g/mol. The van der Waals surface area contributed by atoms with Crippen LogP contribution in [0.4, 0.5) is 5.82 Å². The molecule has 1 saturated heterocycles. The molecule has 4 nitrogen and oxygen atoms in total. The number of rotatable bonds is 4. The van der Waals surface area contributed by atoms with Crippen molar-refractivity contribution in [2.75, 3.05) is 37.2 Å². The molecule has 0 bridgehead atoms. The molecule has 3 heterocycles. The highest BCUT2D eigenvalue weighted by Crippen LogP contribution is 2.35. The van der Waals surface area contributed by atoms with E-state index in [2.05, 4.69) is 20.2 Å². The Morgan fingerprint density at radius 3 is 2.89 bits per heavy atom. The first-order chi connectivity index (χ1) is 9.33. The van der Waals surface area contributed by atoms with Crippen LogP contribution in [0.15, 0.2) is 4.90 Å². The van der Waals surface area contributed by atoms with Gasteiger partial charge in [-0.2, -0.15) is 4.98 Å². The topological polar surface area (TPSA) is 41.1 Å². The van der Waals surface area contributed by atoms with E-state index in [-0.39, 0.29) is 0 Å². The Balaban J connectivity index is 1.57. The van der Waals surface area contributed by atoms with Gasteiger partial charge in [0.2, 0.25) is 5.28 Å². The number of nitrogens with one attached hydrogen (secondary N) is 1. The summed E-state index contributed by atoms with van der Waals surface area (Å²) in [6.45, 7) is 4.49. The first-order valence-corrected chi connectivity index (χ1v) is 8.35. The lowest BCUT2D eigenvalue weighted by Gasteiger charge is -2.26. The molecule has 2 aliphatic rings. The van der Waals surface area contributed by atoms with E-state index in [1.807, 2.05) is 11.8 Å². The van der Waals surface area contributed by atoms with Gasteiger partial charge < -0.3 is 10.2 Å². The molecule has 0 atom stereocenters. The fourth-order valence-corrected chi connectivity index (χ4v) is 3.93. The molecule has 3 rings (SSSR count). The molecule has 1 fully saturated rings. The van der Waals surface area contributed by atoms with Crippen molar-refractivity contribution < 1.29 is 0 Å². The third-order valence-corrected chi connectivity index (χ3v) is 4.96. The molecular formula is C13H19ClN4S. The van der Waals surface area contributed by atoms with Gasteiger partial charge in [-0.25, -0.2) is 4.98 Å². The maximum Gasteiger partial charge on any atom is 0.224 e. The zero-order valence-electron chi connectivity index (χ0n) is 11.0. The summed E-state index contributed by atoms with van der Waals surface area (Å²) in [6.07, 6.45) is 5.06. The first kappa shape index (κ1) is 13.5. The van der Waals surface area contributed by atoms with Gasteiger partial charge in [-0.3, -0.25) is 0 Å². The number of hydrogen-bond donors (Lipinski definition) is 1. The number of fused-ring (bicyclic) bond motifs is 1. The van der Waals surface area contributed by atoms with Crippen molar-refractivity contribution in [3.8, 4) is 0 Å². The molecule has 104 valence electrons. The molecule has 0 aliphatic carbocycles. The summed E-state index contributed by atoms with van der Waals surface area (Å²) in [5.74, 6) is 2.01. The number of thioether (sulfide) groups is 1. The zero-order chi connectivity index (χ0) is 13.1. The fourth-order valence-electron chi connectivity index (χ4n) is 2.67. The summed E-state index contributed by atoms with van der Waals surface area (Å²) < 4.78 is 0. The van der Waals surface area contributed by atoms with Gasteiger partial charge in [0.05, 0.1) is 10.6 Å². The molecule has 0 amide bonds. The van der Waals surface area contributed by atoms with Gasteiger partial charge in [0.25, 0.3) is 0 Å². The molecule has 0 saturated carbocycles. The maximum atomic E-state index is 5.97. The van der Waals surface area contributed by atoms with Crippen molar-refractivity contribution in [2.45, 2.75) is 30.6 Å². The number of halogens is 1. The molecule has 6 heteroatoms. The lowest BCUT2D eigenvalue weighted by molar-refractivity contribution is 0.237. The van der Waals surface area contributed by atoms with E-state index in [9.17, 15) is 0 Å². The first-order valence-electron chi connectivity index (χ1n) is 6.98. The summed E-state index contributed by atoms with van der Waals surface area (Å²) in [5, 5.41) is 3.80. The molecule has 2 aliphatic heterocycles. The second-order valence-electron chi connectivity index (χ2n) is 5.04. The Morgan fingerprint density at radius 1 is 1.21 bits per heavy atom. The summed E-state index contributed by atoms with van der Waals surface area (Å²) in [4.78, 5) is 12.3. The predicted octanol–water partition coefficient (Wildman–Crippen LogP) is 2.68. The van der Waals surface area contributed by atoms with Crippen molar-refractivity contribution >= 4 is 29.2 Å². The SMILES string of the molecule is Clc1nc2c(c(NCCN3CCCCC3)n1)SCC2. The molecule has 19 heavy (non-hydrogen) atoms. The van der Waals surface area contributed by atoms with Gasteiger partial charge in [0.15, 0.2) is 0 Å². The lowest BCUT2D eigenvalue weighted by Crippen LogP contribution is -2.33. The smallest absolute Gasteiger partial charge is 0.224 e. The van der Waals surface area contributed by atoms with Crippen molar-refractivity contribution in [2.24, 2.45) is 0 Å². The highest BCUT2D eigenvalue weighted by molar-refractivity contribution is 7.99. The highest BCUT2D eigenvalue weighted by atomic mass is 35.5. The largest absolute Gasteiger partial charge is 0.368 e. The van der Waals surface area contributed by atoms with Crippen LogP contribution < -0.4 is 5.32 Å². The molecule has 0 radical (unpaired) electrons. The number of aryl methyl sites for hydroxylation is 1. The zero-order valence-corrected chi connectivity index (χ0v) is 12.6. The number of nitrogens with zero attached hydrogens (tertiary/aromatic N) is 3. The van der Waals surface area contributed by atoms with E-state index in [1.54, 1.807) is 0 Å². The second-order valence-corrected chi connectivity index (χ2v) is 6.49. The second kappa shape index (κ2) is 6.29. The maximum absolute atomic E-state index is 5.97. The number of hydrogen-bond acceptors (Lipinski definition) is 5. The van der Waals surface area contributed by atoms with Crippen LogP contribution in [0, 0.1) is 0 Å². The molecular weight excluding hydrogens is 280 g/mol. The van der Waals surface area contributed by atoms with E-state index in [0.717, 1.165) is 36.8 Å². The minimum Gasteiger partial charge on any atom is -0.368 e. The summed E-state index contributed by atoms with van der Waals surface area (Å²) in [5.41, 5.74) is 1.10. The Labute approximate surface area is 123 Å². The number of aromatic nitrogens is 2. The van der Waals surface area contributed by atoms with Crippen LogP contribution >= 0.6 is 23.4 Å². The van der Waals surface area contributed by atoms with Crippen LogP contribution in [0.3, 0.4) is 0 Å². The summed E-state index contributed by atoms with van der Waals surface area (Å²) in [7, 11) is 0. The molecule has 0 unspecified atom stereocenters. The van der Waals surface area contributed by atoms with Gasteiger partial charge in [0.1, 0.15) is 5.82 Å². The number of likely N-dealkylation sites (tertiary alicyclic amines) is 1. The van der Waals surface area contributed by atoms with Crippen LogP contribution in [0.25, 0.3) is 0 Å². The Morgan fingerprint density at radius 2 is 2.05 bits per heavy atom. The van der Waals surface area contributed by atoms with E-state index in [1.165, 1.54) is 37.2 Å². The fraction of sp³-hybridized carbons (Fsp3) is 0.692. The number of piperidine rings is 1. The Kier molecular flexibility index (Phi) is 4.45. The lowest BCUT2D eigenvalue weighted by atomic mass is 10.1. The molecule has 0 spiro atoms. The van der Waals surface area contributed by atoms with Crippen LogP contribution in [0.2, 0.25) is 5.28 Å². The van der Waals surface area contributed by atoms with Crippen LogP contribution in [-0.4, -0.2) is 46.8 Å². The standard InChI is InChI=1S/C13H19ClN4S/c14-13-16-10-4-9-19-11(10)12(17-13)15-5-8-18-6-2-1-3-7-18/h1-9H2,(H,15,16,17). The quantitative estimate of drug-likeness (QED) is 0.866. The van der Waals surface area contributed by atoms with Gasteiger partial charge in [-0.05, 0) is 37.5 Å². The Bertz CT molecular complexity index is 449. The average Bonchev–Trinajstić information content (AvgIpc) is 2.88. The van der Waals surface area contributed by atoms with Crippen LogP contribution in [-0.2, 0) is 6.42 Å². The molecule has 1 aromatic heterocycles. The normalized spacial score (nSPS) is 19.4. The van der Waals surface area contributed by atoms with Gasteiger partial charge in [-0.15, -0.1) is 11.8 Å². The number of anilines is 1.